The van der Waals surface area contributed by atoms with Crippen LogP contribution in [0.1, 0.15) is 24.8 Å². The maximum Gasteiger partial charge on any atom is 0.260 e. The van der Waals surface area contributed by atoms with Crippen LogP contribution in [-0.4, -0.2) is 54.4 Å². The van der Waals surface area contributed by atoms with E-state index >= 15 is 0 Å². The van der Waals surface area contributed by atoms with Gasteiger partial charge in [0, 0.05) is 25.1 Å². The zero-order valence-corrected chi connectivity index (χ0v) is 13.9. The van der Waals surface area contributed by atoms with Gasteiger partial charge in [0.15, 0.2) is 18.2 Å². The van der Waals surface area contributed by atoms with Crippen molar-refractivity contribution in [2.75, 3.05) is 26.4 Å². The molecule has 1 N–H and O–H groups in total. The standard InChI is InChI=1S/C18H24FNO4/c1-12-4-5-14(19)17(9-12)24-11-18(22)20-7-2-3-15(20)13-10-23-8-6-16(13)21/h4-5,9,13,15-16,21H,2-3,6-8,10-11H2,1H3. The molecule has 1 amide bonds. The van der Waals surface area contributed by atoms with Gasteiger partial charge in [-0.1, -0.05) is 6.07 Å². The lowest BCUT2D eigenvalue weighted by atomic mass is 9.89. The molecule has 0 saturated carbocycles. The van der Waals surface area contributed by atoms with Crippen molar-refractivity contribution in [3.05, 3.63) is 29.6 Å². The summed E-state index contributed by atoms with van der Waals surface area (Å²) in [6.07, 6.45) is 1.93. The summed E-state index contributed by atoms with van der Waals surface area (Å²) in [5, 5.41) is 10.2. The van der Waals surface area contributed by atoms with E-state index in [0.29, 0.717) is 26.2 Å². The van der Waals surface area contributed by atoms with Crippen molar-refractivity contribution in [2.24, 2.45) is 5.92 Å². The monoisotopic (exact) mass is 337 g/mol. The second-order valence-electron chi connectivity index (χ2n) is 6.61. The molecule has 3 rings (SSSR count). The van der Waals surface area contributed by atoms with Gasteiger partial charge in [0.05, 0.1) is 12.7 Å². The van der Waals surface area contributed by atoms with Gasteiger partial charge in [-0.25, -0.2) is 4.39 Å². The third kappa shape index (κ3) is 3.70. The molecule has 24 heavy (non-hydrogen) atoms. The average Bonchev–Trinajstić information content (AvgIpc) is 3.05. The van der Waals surface area contributed by atoms with Crippen LogP contribution < -0.4 is 4.74 Å². The predicted molar refractivity (Wildman–Crippen MR) is 86.3 cm³/mol. The number of nitrogens with zero attached hydrogens (tertiary/aromatic N) is 1. The van der Waals surface area contributed by atoms with E-state index in [1.54, 1.807) is 17.0 Å². The number of hydrogen-bond donors (Lipinski definition) is 1. The topological polar surface area (TPSA) is 59.0 Å². The molecule has 2 aliphatic rings. The number of aliphatic hydroxyl groups is 1. The Bertz CT molecular complexity index is 594. The number of aryl methyl sites for hydroxylation is 1. The summed E-state index contributed by atoms with van der Waals surface area (Å²) in [7, 11) is 0. The quantitative estimate of drug-likeness (QED) is 0.912. The van der Waals surface area contributed by atoms with E-state index in [0.717, 1.165) is 18.4 Å². The molecule has 3 unspecified atom stereocenters. The normalized spacial score (nSPS) is 27.3. The minimum atomic E-state index is -0.470. The molecular weight excluding hydrogens is 313 g/mol. The molecule has 0 bridgehead atoms. The van der Waals surface area contributed by atoms with E-state index in [2.05, 4.69) is 0 Å². The fraction of sp³-hybridized carbons (Fsp3) is 0.611. The van der Waals surface area contributed by atoms with Gasteiger partial charge < -0.3 is 19.5 Å². The van der Waals surface area contributed by atoms with Gasteiger partial charge >= 0.3 is 0 Å². The summed E-state index contributed by atoms with van der Waals surface area (Å²) in [5.74, 6) is -0.598. The van der Waals surface area contributed by atoms with E-state index in [1.807, 2.05) is 6.92 Å². The lowest BCUT2D eigenvalue weighted by Crippen LogP contribution is -2.49. The first-order valence-corrected chi connectivity index (χ1v) is 8.50. The zero-order valence-electron chi connectivity index (χ0n) is 13.9. The molecule has 2 heterocycles. The summed E-state index contributed by atoms with van der Waals surface area (Å²) in [4.78, 5) is 14.3. The first kappa shape index (κ1) is 17.2. The first-order chi connectivity index (χ1) is 11.6. The average molecular weight is 337 g/mol. The molecule has 0 aromatic heterocycles. The minimum Gasteiger partial charge on any atom is -0.481 e. The predicted octanol–water partition coefficient (Wildman–Crippen LogP) is 1.90. The number of amides is 1. The Morgan fingerprint density at radius 2 is 2.29 bits per heavy atom. The fourth-order valence-electron chi connectivity index (χ4n) is 3.61. The van der Waals surface area contributed by atoms with Crippen molar-refractivity contribution >= 4 is 5.91 Å². The van der Waals surface area contributed by atoms with E-state index in [-0.39, 0.29) is 30.2 Å². The van der Waals surface area contributed by atoms with Gasteiger partial charge in [-0.2, -0.15) is 0 Å². The smallest absolute Gasteiger partial charge is 0.260 e. The fourth-order valence-corrected chi connectivity index (χ4v) is 3.61. The Labute approximate surface area is 141 Å². The molecule has 6 heteroatoms. The number of halogens is 1. The number of carbonyl (C=O) groups is 1. The summed E-state index contributed by atoms with van der Waals surface area (Å²) < 4.78 is 24.6. The molecular formula is C18H24FNO4. The van der Waals surface area contributed by atoms with Gasteiger partial charge in [0.1, 0.15) is 0 Å². The van der Waals surface area contributed by atoms with Crippen molar-refractivity contribution in [3.63, 3.8) is 0 Å². The second-order valence-corrected chi connectivity index (χ2v) is 6.61. The van der Waals surface area contributed by atoms with Crippen LogP contribution in [0.4, 0.5) is 4.39 Å². The number of aliphatic hydroxyl groups excluding tert-OH is 1. The lowest BCUT2D eigenvalue weighted by Gasteiger charge is -2.36. The maximum absolute atomic E-state index is 13.7. The number of hydrogen-bond acceptors (Lipinski definition) is 4. The Kier molecular flexibility index (Phi) is 5.36. The SMILES string of the molecule is Cc1ccc(F)c(OCC(=O)N2CCCC2C2COCCC2O)c1. The number of likely N-dealkylation sites (tertiary alicyclic amines) is 1. The van der Waals surface area contributed by atoms with E-state index in [1.165, 1.54) is 6.07 Å². The molecule has 3 atom stereocenters. The highest BCUT2D eigenvalue weighted by atomic mass is 19.1. The highest BCUT2D eigenvalue weighted by molar-refractivity contribution is 5.78. The largest absolute Gasteiger partial charge is 0.481 e. The number of carbonyl (C=O) groups excluding carboxylic acids is 1. The Morgan fingerprint density at radius 1 is 1.46 bits per heavy atom. The summed E-state index contributed by atoms with van der Waals surface area (Å²) >= 11 is 0. The molecule has 132 valence electrons. The summed E-state index contributed by atoms with van der Waals surface area (Å²) in [6, 6.07) is 4.55. The Morgan fingerprint density at radius 3 is 3.08 bits per heavy atom. The molecule has 0 spiro atoms. The van der Waals surface area contributed by atoms with Crippen molar-refractivity contribution in [3.8, 4) is 5.75 Å². The van der Waals surface area contributed by atoms with Crippen molar-refractivity contribution in [1.29, 1.82) is 0 Å². The number of ether oxygens (including phenoxy) is 2. The molecule has 2 fully saturated rings. The van der Waals surface area contributed by atoms with Crippen LogP contribution in [-0.2, 0) is 9.53 Å². The molecule has 5 nitrogen and oxygen atoms in total. The maximum atomic E-state index is 13.7. The Balaban J connectivity index is 1.62. The van der Waals surface area contributed by atoms with Crippen LogP contribution in [0.3, 0.4) is 0 Å². The molecule has 1 aromatic rings. The van der Waals surface area contributed by atoms with Gasteiger partial charge in [-0.15, -0.1) is 0 Å². The summed E-state index contributed by atoms with van der Waals surface area (Å²) in [6.45, 7) is 3.33. The van der Waals surface area contributed by atoms with Gasteiger partial charge in [0.2, 0.25) is 0 Å². The van der Waals surface area contributed by atoms with Crippen molar-refractivity contribution in [2.45, 2.75) is 38.3 Å². The zero-order chi connectivity index (χ0) is 17.1. The number of benzene rings is 1. The van der Waals surface area contributed by atoms with Crippen LogP contribution in [0.2, 0.25) is 0 Å². The Hall–Kier alpha value is -1.66. The van der Waals surface area contributed by atoms with Crippen LogP contribution >= 0.6 is 0 Å². The lowest BCUT2D eigenvalue weighted by molar-refractivity contribution is -0.138. The molecule has 2 saturated heterocycles. The van der Waals surface area contributed by atoms with E-state index in [9.17, 15) is 14.3 Å². The van der Waals surface area contributed by atoms with Crippen molar-refractivity contribution in [1.82, 2.24) is 4.90 Å². The minimum absolute atomic E-state index is 0.0289. The van der Waals surface area contributed by atoms with Gasteiger partial charge in [-0.05, 0) is 43.9 Å². The first-order valence-electron chi connectivity index (χ1n) is 8.50. The van der Waals surface area contributed by atoms with Crippen LogP contribution in [0, 0.1) is 18.7 Å². The highest BCUT2D eigenvalue weighted by Crippen LogP contribution is 2.30. The number of rotatable bonds is 4. The molecule has 1 aromatic carbocycles. The third-order valence-corrected chi connectivity index (χ3v) is 4.91. The van der Waals surface area contributed by atoms with Crippen molar-refractivity contribution < 1.29 is 23.8 Å². The third-order valence-electron chi connectivity index (χ3n) is 4.91. The van der Waals surface area contributed by atoms with E-state index < -0.39 is 11.9 Å². The van der Waals surface area contributed by atoms with Crippen LogP contribution in [0.15, 0.2) is 18.2 Å². The summed E-state index contributed by atoms with van der Waals surface area (Å²) in [5.41, 5.74) is 0.875. The second kappa shape index (κ2) is 7.49. The van der Waals surface area contributed by atoms with Gasteiger partial charge in [0.25, 0.3) is 5.91 Å². The van der Waals surface area contributed by atoms with Gasteiger partial charge in [-0.3, -0.25) is 4.79 Å². The highest BCUT2D eigenvalue weighted by Gasteiger charge is 2.39. The van der Waals surface area contributed by atoms with E-state index in [4.69, 9.17) is 9.47 Å². The molecule has 0 radical (unpaired) electrons. The molecule has 0 aliphatic carbocycles. The molecule has 2 aliphatic heterocycles. The van der Waals surface area contributed by atoms with Crippen LogP contribution in [0.5, 0.6) is 5.75 Å². The van der Waals surface area contributed by atoms with Crippen LogP contribution in [0.25, 0.3) is 0 Å².